The number of nitrogens with zero attached hydrogens (tertiary/aromatic N) is 1. The van der Waals surface area contributed by atoms with Crippen LogP contribution in [0.3, 0.4) is 0 Å². The van der Waals surface area contributed by atoms with Crippen molar-refractivity contribution in [2.45, 2.75) is 6.42 Å². The molecule has 0 atom stereocenters. The summed E-state index contributed by atoms with van der Waals surface area (Å²) in [5.74, 6) is 0.121. The molecule has 2 nitrogen and oxygen atoms in total. The van der Waals surface area contributed by atoms with Crippen molar-refractivity contribution in [3.8, 4) is 0 Å². The number of ketones is 1. The summed E-state index contributed by atoms with van der Waals surface area (Å²) in [4.78, 5) is 16.7. The lowest BCUT2D eigenvalue weighted by Gasteiger charge is -1.98. The average molecular weight is 379 g/mol. The molecule has 0 fully saturated rings. The topological polar surface area (TPSA) is 30.0 Å². The largest absolute Gasteiger partial charge is 0.294 e. The van der Waals surface area contributed by atoms with Crippen molar-refractivity contribution >= 4 is 49.9 Å². The minimum absolute atomic E-state index is 0.121. The maximum Gasteiger partial charge on any atom is 0.169 e. The molecule has 0 aliphatic rings. The SMILES string of the molecule is O=C(Cc1nc2ccccc2s1)c1ccc(I)cc1. The summed E-state index contributed by atoms with van der Waals surface area (Å²) in [5, 5.41) is 0.879. The van der Waals surface area contributed by atoms with Crippen LogP contribution in [0.2, 0.25) is 0 Å². The molecule has 1 aromatic heterocycles. The van der Waals surface area contributed by atoms with Crippen LogP contribution in [0.25, 0.3) is 10.2 Å². The first-order valence-electron chi connectivity index (χ1n) is 5.85. The Morgan fingerprint density at radius 2 is 1.84 bits per heavy atom. The lowest BCUT2D eigenvalue weighted by atomic mass is 10.1. The molecule has 0 saturated heterocycles. The Kier molecular flexibility index (Phi) is 3.61. The second-order valence-electron chi connectivity index (χ2n) is 4.18. The number of carbonyl (C=O) groups is 1. The van der Waals surface area contributed by atoms with E-state index in [1.165, 1.54) is 0 Å². The van der Waals surface area contributed by atoms with E-state index in [1.807, 2.05) is 48.5 Å². The van der Waals surface area contributed by atoms with Gasteiger partial charge >= 0.3 is 0 Å². The van der Waals surface area contributed by atoms with Gasteiger partial charge in [-0.1, -0.05) is 24.3 Å². The molecule has 3 rings (SSSR count). The van der Waals surface area contributed by atoms with E-state index in [1.54, 1.807) is 11.3 Å². The summed E-state index contributed by atoms with van der Waals surface area (Å²) < 4.78 is 2.27. The van der Waals surface area contributed by atoms with E-state index in [4.69, 9.17) is 0 Å². The van der Waals surface area contributed by atoms with Gasteiger partial charge in [-0.2, -0.15) is 0 Å². The number of thiazole rings is 1. The number of hydrogen-bond acceptors (Lipinski definition) is 3. The third-order valence-electron chi connectivity index (χ3n) is 2.82. The molecule has 0 aliphatic heterocycles. The lowest BCUT2D eigenvalue weighted by Crippen LogP contribution is -2.02. The molecule has 0 aliphatic carbocycles. The first kappa shape index (κ1) is 12.7. The third-order valence-corrected chi connectivity index (χ3v) is 4.57. The van der Waals surface area contributed by atoms with Gasteiger partial charge in [0, 0.05) is 9.13 Å². The van der Waals surface area contributed by atoms with Gasteiger partial charge in [0.05, 0.1) is 16.6 Å². The lowest BCUT2D eigenvalue weighted by molar-refractivity contribution is 0.0993. The highest BCUT2D eigenvalue weighted by Crippen LogP contribution is 2.22. The second kappa shape index (κ2) is 5.38. The maximum absolute atomic E-state index is 12.2. The van der Waals surface area contributed by atoms with E-state index >= 15 is 0 Å². The fraction of sp³-hybridized carbons (Fsp3) is 0.0667. The van der Waals surface area contributed by atoms with Crippen LogP contribution < -0.4 is 0 Å². The first-order chi connectivity index (χ1) is 9.22. The number of benzene rings is 2. The van der Waals surface area contributed by atoms with Crippen molar-refractivity contribution in [2.24, 2.45) is 0 Å². The normalized spacial score (nSPS) is 10.8. The predicted octanol–water partition coefficient (Wildman–Crippen LogP) is 4.33. The van der Waals surface area contributed by atoms with E-state index < -0.39 is 0 Å². The number of aromatic nitrogens is 1. The van der Waals surface area contributed by atoms with Crippen molar-refractivity contribution in [1.82, 2.24) is 4.98 Å². The minimum atomic E-state index is 0.121. The van der Waals surface area contributed by atoms with Gasteiger partial charge in [0.1, 0.15) is 5.01 Å². The first-order valence-corrected chi connectivity index (χ1v) is 7.75. The Morgan fingerprint density at radius 3 is 2.58 bits per heavy atom. The monoisotopic (exact) mass is 379 g/mol. The van der Waals surface area contributed by atoms with Crippen LogP contribution in [-0.2, 0) is 6.42 Å². The van der Waals surface area contributed by atoms with Crippen molar-refractivity contribution in [2.75, 3.05) is 0 Å². The summed E-state index contributed by atoms with van der Waals surface area (Å²) in [5.41, 5.74) is 1.72. The van der Waals surface area contributed by atoms with Crippen molar-refractivity contribution < 1.29 is 4.79 Å². The van der Waals surface area contributed by atoms with Crippen LogP contribution >= 0.6 is 33.9 Å². The number of halogens is 1. The highest BCUT2D eigenvalue weighted by molar-refractivity contribution is 14.1. The molecule has 1 heterocycles. The van der Waals surface area contributed by atoms with Crippen LogP contribution in [0.1, 0.15) is 15.4 Å². The van der Waals surface area contributed by atoms with Crippen LogP contribution in [0.4, 0.5) is 0 Å². The Hall–Kier alpha value is -1.27. The molecule has 0 bridgehead atoms. The summed E-state index contributed by atoms with van der Waals surface area (Å²) >= 11 is 3.82. The highest BCUT2D eigenvalue weighted by atomic mass is 127. The molecule has 0 N–H and O–H groups in total. The maximum atomic E-state index is 12.2. The zero-order chi connectivity index (χ0) is 13.2. The van der Waals surface area contributed by atoms with Crippen molar-refractivity contribution in [3.05, 3.63) is 62.7 Å². The van der Waals surface area contributed by atoms with Crippen LogP contribution in [-0.4, -0.2) is 10.8 Å². The number of carbonyl (C=O) groups excluding carboxylic acids is 1. The van der Waals surface area contributed by atoms with Crippen LogP contribution in [0, 0.1) is 3.57 Å². The van der Waals surface area contributed by atoms with Gasteiger partial charge in [0.25, 0.3) is 0 Å². The molecule has 94 valence electrons. The van der Waals surface area contributed by atoms with Gasteiger partial charge in [-0.15, -0.1) is 11.3 Å². The zero-order valence-corrected chi connectivity index (χ0v) is 12.9. The molecule has 0 spiro atoms. The van der Waals surface area contributed by atoms with Gasteiger partial charge in [0.15, 0.2) is 5.78 Å². The van der Waals surface area contributed by atoms with Crippen LogP contribution in [0.15, 0.2) is 48.5 Å². The van der Waals surface area contributed by atoms with Gasteiger partial charge in [0.2, 0.25) is 0 Å². The Labute approximate surface area is 128 Å². The van der Waals surface area contributed by atoms with E-state index in [2.05, 4.69) is 27.6 Å². The molecule has 0 unspecified atom stereocenters. The second-order valence-corrected chi connectivity index (χ2v) is 6.54. The standard InChI is InChI=1S/C15H10INOS/c16-11-7-5-10(6-8-11)13(18)9-15-17-12-3-1-2-4-14(12)19-15/h1-8H,9H2. The van der Waals surface area contributed by atoms with Crippen molar-refractivity contribution in [3.63, 3.8) is 0 Å². The molecule has 19 heavy (non-hydrogen) atoms. The molecule has 2 aromatic carbocycles. The molecular weight excluding hydrogens is 369 g/mol. The molecule has 0 amide bonds. The fourth-order valence-corrected chi connectivity index (χ4v) is 3.20. The molecule has 4 heteroatoms. The minimum Gasteiger partial charge on any atom is -0.294 e. The number of fused-ring (bicyclic) bond motifs is 1. The quantitative estimate of drug-likeness (QED) is 0.501. The van der Waals surface area contributed by atoms with Gasteiger partial charge in [-0.05, 0) is 46.9 Å². The smallest absolute Gasteiger partial charge is 0.169 e. The zero-order valence-electron chi connectivity index (χ0n) is 9.97. The molecule has 3 aromatic rings. The number of para-hydroxylation sites is 1. The van der Waals surface area contributed by atoms with E-state index in [9.17, 15) is 4.79 Å². The highest BCUT2D eigenvalue weighted by Gasteiger charge is 2.10. The Bertz CT molecular complexity index is 700. The van der Waals surface area contributed by atoms with Crippen molar-refractivity contribution in [1.29, 1.82) is 0 Å². The average Bonchev–Trinajstić information content (AvgIpc) is 2.81. The third kappa shape index (κ3) is 2.84. The van der Waals surface area contributed by atoms with Gasteiger partial charge < -0.3 is 0 Å². The van der Waals surface area contributed by atoms with Crippen LogP contribution in [0.5, 0.6) is 0 Å². The number of Topliss-reactive ketones (excluding diaryl/α,β-unsaturated/α-hetero) is 1. The van der Waals surface area contributed by atoms with E-state index in [0.29, 0.717) is 6.42 Å². The summed E-state index contributed by atoms with van der Waals surface area (Å²) in [6, 6.07) is 15.6. The summed E-state index contributed by atoms with van der Waals surface area (Å²) in [7, 11) is 0. The number of hydrogen-bond donors (Lipinski definition) is 0. The number of rotatable bonds is 3. The summed E-state index contributed by atoms with van der Waals surface area (Å²) in [6.45, 7) is 0. The van der Waals surface area contributed by atoms with Gasteiger partial charge in [-0.25, -0.2) is 4.98 Å². The predicted molar refractivity (Wildman–Crippen MR) is 86.8 cm³/mol. The molecule has 0 radical (unpaired) electrons. The van der Waals surface area contributed by atoms with E-state index in [0.717, 1.165) is 24.4 Å². The Morgan fingerprint density at radius 1 is 1.11 bits per heavy atom. The fourth-order valence-electron chi connectivity index (χ4n) is 1.87. The van der Waals surface area contributed by atoms with Gasteiger partial charge in [-0.3, -0.25) is 4.79 Å². The molecular formula is C15H10INOS. The van der Waals surface area contributed by atoms with E-state index in [-0.39, 0.29) is 5.78 Å². The molecule has 0 saturated carbocycles. The summed E-state index contributed by atoms with van der Waals surface area (Å²) in [6.07, 6.45) is 0.375. The Balaban J connectivity index is 1.84.